The van der Waals surface area contributed by atoms with Gasteiger partial charge in [-0.05, 0) is 43.2 Å². The highest BCUT2D eigenvalue weighted by Gasteiger charge is 2.13. The Balaban J connectivity index is 2.32. The lowest BCUT2D eigenvalue weighted by Gasteiger charge is -2.11. The first-order valence-electron chi connectivity index (χ1n) is 5.91. The van der Waals surface area contributed by atoms with Gasteiger partial charge in [0.15, 0.2) is 0 Å². The van der Waals surface area contributed by atoms with E-state index in [1.807, 2.05) is 13.0 Å². The number of carbonyl (C=O) groups excluding carboxylic acids is 1. The molecule has 2 aromatic carbocycles. The van der Waals surface area contributed by atoms with E-state index in [4.69, 9.17) is 11.6 Å². The van der Waals surface area contributed by atoms with Gasteiger partial charge in [0.05, 0.1) is 10.7 Å². The summed E-state index contributed by atoms with van der Waals surface area (Å²) < 4.78 is 26.2. The van der Waals surface area contributed by atoms with Crippen molar-refractivity contribution in [2.75, 3.05) is 5.32 Å². The first kappa shape index (κ1) is 14.5. The van der Waals surface area contributed by atoms with E-state index in [9.17, 15) is 13.6 Å². The summed E-state index contributed by atoms with van der Waals surface area (Å²) in [6.45, 7) is 3.67. The van der Waals surface area contributed by atoms with Crippen molar-refractivity contribution in [2.24, 2.45) is 0 Å². The molecule has 0 aliphatic heterocycles. The number of anilines is 1. The molecule has 0 unspecified atom stereocenters. The minimum Gasteiger partial charge on any atom is -0.320 e. The third-order valence-electron chi connectivity index (χ3n) is 2.80. The second-order valence-electron chi connectivity index (χ2n) is 4.55. The van der Waals surface area contributed by atoms with Crippen molar-refractivity contribution in [3.05, 3.63) is 63.7 Å². The Hall–Kier alpha value is -1.94. The van der Waals surface area contributed by atoms with Crippen LogP contribution in [0.3, 0.4) is 0 Å². The molecule has 0 aliphatic rings. The lowest BCUT2D eigenvalue weighted by atomic mass is 10.1. The maximum absolute atomic E-state index is 13.1. The molecule has 0 radical (unpaired) electrons. The number of halogens is 3. The summed E-state index contributed by atoms with van der Waals surface area (Å²) in [6.07, 6.45) is 0. The summed E-state index contributed by atoms with van der Waals surface area (Å²) in [5.74, 6) is -2.22. The SMILES string of the molecule is Cc1cc(C)c(NC(=O)c2cc(F)cc(F)c2)c(Cl)c1. The quantitative estimate of drug-likeness (QED) is 0.869. The molecule has 2 rings (SSSR count). The molecule has 0 aromatic heterocycles. The van der Waals surface area contributed by atoms with Crippen molar-refractivity contribution in [3.63, 3.8) is 0 Å². The maximum Gasteiger partial charge on any atom is 0.255 e. The highest BCUT2D eigenvalue weighted by atomic mass is 35.5. The van der Waals surface area contributed by atoms with Crippen molar-refractivity contribution in [2.45, 2.75) is 13.8 Å². The van der Waals surface area contributed by atoms with Crippen molar-refractivity contribution < 1.29 is 13.6 Å². The van der Waals surface area contributed by atoms with Crippen LogP contribution in [0.25, 0.3) is 0 Å². The van der Waals surface area contributed by atoms with E-state index < -0.39 is 17.5 Å². The largest absolute Gasteiger partial charge is 0.320 e. The number of rotatable bonds is 2. The number of benzene rings is 2. The van der Waals surface area contributed by atoms with Crippen LogP contribution in [0.1, 0.15) is 21.5 Å². The molecule has 1 N–H and O–H groups in total. The number of aryl methyl sites for hydroxylation is 2. The van der Waals surface area contributed by atoms with Crippen molar-refractivity contribution >= 4 is 23.2 Å². The van der Waals surface area contributed by atoms with E-state index in [0.29, 0.717) is 16.8 Å². The molecule has 0 spiro atoms. The first-order valence-corrected chi connectivity index (χ1v) is 6.29. The smallest absolute Gasteiger partial charge is 0.255 e. The minimum atomic E-state index is -0.804. The van der Waals surface area contributed by atoms with Crippen LogP contribution in [0, 0.1) is 25.5 Å². The Morgan fingerprint density at radius 1 is 1.05 bits per heavy atom. The summed E-state index contributed by atoms with van der Waals surface area (Å²) in [6, 6.07) is 6.20. The topological polar surface area (TPSA) is 29.1 Å². The number of nitrogens with one attached hydrogen (secondary N) is 1. The average molecular weight is 296 g/mol. The van der Waals surface area contributed by atoms with Crippen molar-refractivity contribution in [1.29, 1.82) is 0 Å². The standard InChI is InChI=1S/C15H12ClF2NO/c1-8-3-9(2)14(13(16)4-8)19-15(20)10-5-11(17)7-12(18)6-10/h3-7H,1-2H3,(H,19,20). The summed E-state index contributed by atoms with van der Waals surface area (Å²) in [5.41, 5.74) is 2.08. The molecule has 5 heteroatoms. The van der Waals surface area contributed by atoms with Crippen LogP contribution in [0.4, 0.5) is 14.5 Å². The molecule has 0 atom stereocenters. The molecule has 0 heterocycles. The van der Waals surface area contributed by atoms with Gasteiger partial charge < -0.3 is 5.32 Å². The average Bonchev–Trinajstić information content (AvgIpc) is 2.32. The number of amides is 1. The van der Waals surface area contributed by atoms with Crippen LogP contribution in [0.15, 0.2) is 30.3 Å². The first-order chi connectivity index (χ1) is 9.36. The maximum atomic E-state index is 13.1. The van der Waals surface area contributed by atoms with E-state index >= 15 is 0 Å². The van der Waals surface area contributed by atoms with Gasteiger partial charge in [-0.2, -0.15) is 0 Å². The second-order valence-corrected chi connectivity index (χ2v) is 4.96. The van der Waals surface area contributed by atoms with E-state index in [0.717, 1.165) is 23.3 Å². The molecule has 2 aromatic rings. The molecular formula is C15H12ClF2NO. The molecule has 0 bridgehead atoms. The molecule has 20 heavy (non-hydrogen) atoms. The van der Waals surface area contributed by atoms with Crippen LogP contribution in [-0.2, 0) is 0 Å². The summed E-state index contributed by atoms with van der Waals surface area (Å²) in [5, 5.41) is 2.95. The lowest BCUT2D eigenvalue weighted by Crippen LogP contribution is -2.14. The Morgan fingerprint density at radius 2 is 1.65 bits per heavy atom. The summed E-state index contributed by atoms with van der Waals surface area (Å²) >= 11 is 6.07. The van der Waals surface area contributed by atoms with Crippen LogP contribution in [0.5, 0.6) is 0 Å². The number of carbonyl (C=O) groups is 1. The Bertz CT molecular complexity index is 642. The zero-order valence-electron chi connectivity index (χ0n) is 10.9. The van der Waals surface area contributed by atoms with Gasteiger partial charge in [0, 0.05) is 11.6 Å². The second kappa shape index (κ2) is 5.59. The fraction of sp³-hybridized carbons (Fsp3) is 0.133. The molecule has 0 saturated carbocycles. The third-order valence-corrected chi connectivity index (χ3v) is 3.09. The molecule has 0 aliphatic carbocycles. The highest BCUT2D eigenvalue weighted by Crippen LogP contribution is 2.27. The van der Waals surface area contributed by atoms with E-state index in [1.54, 1.807) is 13.0 Å². The van der Waals surface area contributed by atoms with Crippen LogP contribution in [-0.4, -0.2) is 5.91 Å². The van der Waals surface area contributed by atoms with Gasteiger partial charge >= 0.3 is 0 Å². The van der Waals surface area contributed by atoms with Gasteiger partial charge in [-0.15, -0.1) is 0 Å². The van der Waals surface area contributed by atoms with E-state index in [1.165, 1.54) is 0 Å². The monoisotopic (exact) mass is 295 g/mol. The Morgan fingerprint density at radius 3 is 2.20 bits per heavy atom. The van der Waals surface area contributed by atoms with Crippen LogP contribution in [0.2, 0.25) is 5.02 Å². The molecule has 104 valence electrons. The molecule has 0 saturated heterocycles. The third kappa shape index (κ3) is 3.14. The lowest BCUT2D eigenvalue weighted by molar-refractivity contribution is 0.102. The zero-order chi connectivity index (χ0) is 14.9. The van der Waals surface area contributed by atoms with Gasteiger partial charge in [0.2, 0.25) is 0 Å². The van der Waals surface area contributed by atoms with Crippen LogP contribution >= 0.6 is 11.6 Å². The predicted molar refractivity (Wildman–Crippen MR) is 75.2 cm³/mol. The fourth-order valence-electron chi connectivity index (χ4n) is 1.94. The normalized spacial score (nSPS) is 10.4. The number of hydrogen-bond acceptors (Lipinski definition) is 1. The minimum absolute atomic E-state index is 0.0986. The summed E-state index contributed by atoms with van der Waals surface area (Å²) in [4.78, 5) is 12.0. The van der Waals surface area contributed by atoms with Gasteiger partial charge in [0.1, 0.15) is 11.6 Å². The van der Waals surface area contributed by atoms with E-state index in [2.05, 4.69) is 5.32 Å². The predicted octanol–water partition coefficient (Wildman–Crippen LogP) is 4.49. The zero-order valence-corrected chi connectivity index (χ0v) is 11.7. The Kier molecular flexibility index (Phi) is 4.04. The van der Waals surface area contributed by atoms with Gasteiger partial charge in [-0.1, -0.05) is 17.7 Å². The van der Waals surface area contributed by atoms with Gasteiger partial charge in [0.25, 0.3) is 5.91 Å². The van der Waals surface area contributed by atoms with Crippen molar-refractivity contribution in [3.8, 4) is 0 Å². The molecule has 1 amide bonds. The van der Waals surface area contributed by atoms with Crippen LogP contribution < -0.4 is 5.32 Å². The highest BCUT2D eigenvalue weighted by molar-refractivity contribution is 6.34. The van der Waals surface area contributed by atoms with E-state index in [-0.39, 0.29) is 5.56 Å². The number of hydrogen-bond donors (Lipinski definition) is 1. The molecular weight excluding hydrogens is 284 g/mol. The molecule has 2 nitrogen and oxygen atoms in total. The fourth-order valence-corrected chi connectivity index (χ4v) is 2.31. The van der Waals surface area contributed by atoms with Gasteiger partial charge in [-0.3, -0.25) is 4.79 Å². The summed E-state index contributed by atoms with van der Waals surface area (Å²) in [7, 11) is 0. The molecule has 0 fully saturated rings. The van der Waals surface area contributed by atoms with Crippen molar-refractivity contribution in [1.82, 2.24) is 0 Å². The van der Waals surface area contributed by atoms with Gasteiger partial charge in [-0.25, -0.2) is 8.78 Å². The Labute approximate surface area is 120 Å².